The standard InChI is InChI=1S/C15H27NO2/c1-13(2,9-16)12(17)18-11-8-10-6-7-15(11,5)14(10,3)4/h10-11H,6-9,16H2,1-5H3. The van der Waals surface area contributed by atoms with E-state index in [0.29, 0.717) is 12.5 Å². The first kappa shape index (κ1) is 13.9. The van der Waals surface area contributed by atoms with E-state index < -0.39 is 5.41 Å². The van der Waals surface area contributed by atoms with E-state index in [1.807, 2.05) is 13.8 Å². The zero-order valence-electron chi connectivity index (χ0n) is 12.4. The molecule has 2 aliphatic carbocycles. The Labute approximate surface area is 110 Å². The van der Waals surface area contributed by atoms with Crippen LogP contribution in [0.4, 0.5) is 0 Å². The minimum Gasteiger partial charge on any atom is -0.461 e. The monoisotopic (exact) mass is 253 g/mol. The minimum absolute atomic E-state index is 0.0737. The molecule has 3 atom stereocenters. The predicted octanol–water partition coefficient (Wildman–Crippen LogP) is 2.73. The van der Waals surface area contributed by atoms with Crippen molar-refractivity contribution in [3.8, 4) is 0 Å². The fraction of sp³-hybridized carbons (Fsp3) is 0.933. The molecule has 0 saturated heterocycles. The molecular weight excluding hydrogens is 226 g/mol. The summed E-state index contributed by atoms with van der Waals surface area (Å²) in [6, 6.07) is 0. The molecule has 2 aliphatic rings. The van der Waals surface area contributed by atoms with Crippen LogP contribution in [0.2, 0.25) is 0 Å². The summed E-state index contributed by atoms with van der Waals surface area (Å²) in [7, 11) is 0. The zero-order chi connectivity index (χ0) is 13.8. The zero-order valence-corrected chi connectivity index (χ0v) is 12.4. The average molecular weight is 253 g/mol. The van der Waals surface area contributed by atoms with Gasteiger partial charge in [-0.15, -0.1) is 0 Å². The summed E-state index contributed by atoms with van der Waals surface area (Å²) in [5.41, 5.74) is 5.50. The summed E-state index contributed by atoms with van der Waals surface area (Å²) in [5.74, 6) is 0.556. The highest BCUT2D eigenvalue weighted by molar-refractivity contribution is 5.76. The Morgan fingerprint density at radius 1 is 1.39 bits per heavy atom. The van der Waals surface area contributed by atoms with E-state index in [-0.39, 0.29) is 22.9 Å². The van der Waals surface area contributed by atoms with Crippen molar-refractivity contribution in [2.75, 3.05) is 6.54 Å². The van der Waals surface area contributed by atoms with Crippen LogP contribution in [-0.4, -0.2) is 18.6 Å². The molecule has 0 aromatic rings. The van der Waals surface area contributed by atoms with Gasteiger partial charge >= 0.3 is 5.97 Å². The molecule has 0 spiro atoms. The van der Waals surface area contributed by atoms with E-state index in [2.05, 4.69) is 20.8 Å². The lowest BCUT2D eigenvalue weighted by Crippen LogP contribution is -2.42. The minimum atomic E-state index is -0.567. The maximum atomic E-state index is 12.2. The van der Waals surface area contributed by atoms with E-state index in [4.69, 9.17) is 10.5 Å². The van der Waals surface area contributed by atoms with Crippen LogP contribution in [0.3, 0.4) is 0 Å². The number of carbonyl (C=O) groups is 1. The first-order valence-electron chi connectivity index (χ1n) is 7.06. The van der Waals surface area contributed by atoms with Crippen LogP contribution in [0.1, 0.15) is 53.9 Å². The van der Waals surface area contributed by atoms with E-state index in [1.165, 1.54) is 12.8 Å². The van der Waals surface area contributed by atoms with Gasteiger partial charge < -0.3 is 10.5 Å². The topological polar surface area (TPSA) is 52.3 Å². The Bertz CT molecular complexity index is 362. The molecule has 0 amide bonds. The quantitative estimate of drug-likeness (QED) is 0.787. The third-order valence-electron chi connectivity index (χ3n) is 6.03. The van der Waals surface area contributed by atoms with Crippen molar-refractivity contribution in [1.82, 2.24) is 0 Å². The second kappa shape index (κ2) is 3.96. The lowest BCUT2D eigenvalue weighted by molar-refractivity contribution is -0.166. The maximum absolute atomic E-state index is 12.2. The van der Waals surface area contributed by atoms with Crippen molar-refractivity contribution in [3.63, 3.8) is 0 Å². The van der Waals surface area contributed by atoms with Gasteiger partial charge in [0.05, 0.1) is 5.41 Å². The molecule has 2 saturated carbocycles. The molecule has 3 heteroatoms. The van der Waals surface area contributed by atoms with Crippen molar-refractivity contribution >= 4 is 5.97 Å². The molecule has 2 N–H and O–H groups in total. The predicted molar refractivity (Wildman–Crippen MR) is 71.9 cm³/mol. The first-order valence-corrected chi connectivity index (χ1v) is 7.06. The highest BCUT2D eigenvalue weighted by atomic mass is 16.5. The van der Waals surface area contributed by atoms with Gasteiger partial charge in [0.15, 0.2) is 0 Å². The van der Waals surface area contributed by atoms with Gasteiger partial charge in [0.2, 0.25) is 0 Å². The van der Waals surface area contributed by atoms with Crippen LogP contribution in [0, 0.1) is 22.2 Å². The molecule has 0 heterocycles. The summed E-state index contributed by atoms with van der Waals surface area (Å²) in [6.07, 6.45) is 3.55. The molecule has 2 fully saturated rings. The Balaban J connectivity index is 2.12. The number of fused-ring (bicyclic) bond motifs is 2. The van der Waals surface area contributed by atoms with Crippen LogP contribution < -0.4 is 5.73 Å². The SMILES string of the molecule is CC(C)(CN)C(=O)OC1CC2CCC1(C)C2(C)C. The number of hydrogen-bond donors (Lipinski definition) is 1. The second-order valence-corrected chi connectivity index (χ2v) is 7.59. The Hall–Kier alpha value is -0.570. The number of nitrogens with two attached hydrogens (primary N) is 1. The summed E-state index contributed by atoms with van der Waals surface area (Å²) in [4.78, 5) is 12.2. The molecular formula is C15H27NO2. The Morgan fingerprint density at radius 3 is 2.39 bits per heavy atom. The normalized spacial score (nSPS) is 37.9. The Morgan fingerprint density at radius 2 is 2.00 bits per heavy atom. The van der Waals surface area contributed by atoms with Crippen LogP contribution in [0.15, 0.2) is 0 Å². The van der Waals surface area contributed by atoms with E-state index in [9.17, 15) is 4.79 Å². The smallest absolute Gasteiger partial charge is 0.313 e. The van der Waals surface area contributed by atoms with Gasteiger partial charge in [0.1, 0.15) is 6.10 Å². The molecule has 0 aromatic carbocycles. The van der Waals surface area contributed by atoms with E-state index in [1.54, 1.807) is 0 Å². The Kier molecular flexibility index (Phi) is 3.05. The van der Waals surface area contributed by atoms with E-state index >= 15 is 0 Å². The fourth-order valence-electron chi connectivity index (χ4n) is 3.68. The molecule has 0 aromatic heterocycles. The first-order chi connectivity index (χ1) is 8.15. The van der Waals surface area contributed by atoms with Crippen LogP contribution >= 0.6 is 0 Å². The maximum Gasteiger partial charge on any atom is 0.313 e. The van der Waals surface area contributed by atoms with Gasteiger partial charge in [-0.1, -0.05) is 20.8 Å². The third-order valence-corrected chi connectivity index (χ3v) is 6.03. The second-order valence-electron chi connectivity index (χ2n) is 7.59. The van der Waals surface area contributed by atoms with Crippen molar-refractivity contribution < 1.29 is 9.53 Å². The largest absolute Gasteiger partial charge is 0.461 e. The molecule has 2 bridgehead atoms. The molecule has 3 unspecified atom stereocenters. The fourth-order valence-corrected chi connectivity index (χ4v) is 3.68. The molecule has 104 valence electrons. The van der Waals surface area contributed by atoms with Gasteiger partial charge in [-0.3, -0.25) is 4.79 Å². The number of esters is 1. The van der Waals surface area contributed by atoms with Crippen molar-refractivity contribution in [3.05, 3.63) is 0 Å². The van der Waals surface area contributed by atoms with Gasteiger partial charge in [-0.05, 0) is 44.4 Å². The summed E-state index contributed by atoms with van der Waals surface area (Å²) in [5, 5.41) is 0. The average Bonchev–Trinajstić information content (AvgIpc) is 2.62. The molecule has 0 aliphatic heterocycles. The lowest BCUT2D eigenvalue weighted by atomic mass is 9.70. The highest BCUT2D eigenvalue weighted by Gasteiger charge is 2.63. The van der Waals surface area contributed by atoms with Gasteiger partial charge in [-0.25, -0.2) is 0 Å². The van der Waals surface area contributed by atoms with Crippen LogP contribution in [-0.2, 0) is 9.53 Å². The van der Waals surface area contributed by atoms with Gasteiger partial charge in [-0.2, -0.15) is 0 Å². The number of ether oxygens (including phenoxy) is 1. The molecule has 18 heavy (non-hydrogen) atoms. The lowest BCUT2D eigenvalue weighted by Gasteiger charge is -2.39. The van der Waals surface area contributed by atoms with Gasteiger partial charge in [0, 0.05) is 12.0 Å². The van der Waals surface area contributed by atoms with Crippen molar-refractivity contribution in [2.24, 2.45) is 27.9 Å². The van der Waals surface area contributed by atoms with Crippen LogP contribution in [0.5, 0.6) is 0 Å². The molecule has 3 nitrogen and oxygen atoms in total. The summed E-state index contributed by atoms with van der Waals surface area (Å²) >= 11 is 0. The highest BCUT2D eigenvalue weighted by Crippen LogP contribution is 2.66. The summed E-state index contributed by atoms with van der Waals surface area (Å²) in [6.45, 7) is 11.0. The molecule has 2 rings (SSSR count). The third kappa shape index (κ3) is 1.70. The van der Waals surface area contributed by atoms with Crippen molar-refractivity contribution in [2.45, 2.75) is 60.0 Å². The van der Waals surface area contributed by atoms with E-state index in [0.717, 1.165) is 6.42 Å². The summed E-state index contributed by atoms with van der Waals surface area (Å²) < 4.78 is 5.82. The molecule has 0 radical (unpaired) electrons. The van der Waals surface area contributed by atoms with Crippen LogP contribution in [0.25, 0.3) is 0 Å². The van der Waals surface area contributed by atoms with Crippen molar-refractivity contribution in [1.29, 1.82) is 0 Å². The van der Waals surface area contributed by atoms with Gasteiger partial charge in [0.25, 0.3) is 0 Å². The number of rotatable bonds is 3. The number of hydrogen-bond acceptors (Lipinski definition) is 3. The number of carbonyl (C=O) groups excluding carboxylic acids is 1.